The fourth-order valence-corrected chi connectivity index (χ4v) is 4.46. The van der Waals surface area contributed by atoms with Crippen molar-refractivity contribution in [1.82, 2.24) is 5.32 Å². The number of thiophene rings is 1. The van der Waals surface area contributed by atoms with E-state index in [1.165, 1.54) is 11.3 Å². The van der Waals surface area contributed by atoms with Crippen molar-refractivity contribution in [1.29, 1.82) is 0 Å². The molecule has 2 N–H and O–H groups in total. The molecule has 2 aliphatic carbocycles. The van der Waals surface area contributed by atoms with Crippen LogP contribution in [0.2, 0.25) is 0 Å². The van der Waals surface area contributed by atoms with Crippen molar-refractivity contribution in [2.75, 3.05) is 11.9 Å². The lowest BCUT2D eigenvalue weighted by Gasteiger charge is -2.25. The molecule has 3 rings (SSSR count). The van der Waals surface area contributed by atoms with E-state index >= 15 is 0 Å². The number of aryl methyl sites for hydroxylation is 1. The van der Waals surface area contributed by atoms with E-state index in [2.05, 4.69) is 10.6 Å². The molecule has 1 aromatic heterocycles. The van der Waals surface area contributed by atoms with Crippen LogP contribution in [0.25, 0.3) is 0 Å². The number of hydrogen-bond acceptors (Lipinski definition) is 3. The molecule has 1 atom stereocenters. The van der Waals surface area contributed by atoms with Crippen LogP contribution in [0.15, 0.2) is 0 Å². The number of carbonyl (C=O) groups is 2. The Morgan fingerprint density at radius 3 is 2.58 bits per heavy atom. The fourth-order valence-electron chi connectivity index (χ4n) is 3.22. The fraction of sp³-hybridized carbons (Fsp3) is 0.667. The summed E-state index contributed by atoms with van der Waals surface area (Å²) in [6.45, 7) is 2.46. The van der Waals surface area contributed by atoms with Gasteiger partial charge in [-0.1, -0.05) is 13.3 Å². The summed E-state index contributed by atoms with van der Waals surface area (Å²) in [5.74, 6) is -1.99. The van der Waals surface area contributed by atoms with Crippen molar-refractivity contribution in [2.24, 2.45) is 11.8 Å². The average molecular weight is 388 g/mol. The highest BCUT2D eigenvalue weighted by atomic mass is 32.1. The summed E-state index contributed by atoms with van der Waals surface area (Å²) < 4.78 is 39.5. The molecule has 0 spiro atoms. The van der Waals surface area contributed by atoms with E-state index in [1.807, 2.05) is 6.92 Å². The van der Waals surface area contributed by atoms with E-state index in [4.69, 9.17) is 0 Å². The lowest BCUT2D eigenvalue weighted by atomic mass is 9.86. The molecule has 1 aromatic rings. The Kier molecular flexibility index (Phi) is 5.60. The van der Waals surface area contributed by atoms with Crippen molar-refractivity contribution in [2.45, 2.75) is 58.0 Å². The van der Waals surface area contributed by atoms with E-state index < -0.39 is 12.1 Å². The summed E-state index contributed by atoms with van der Waals surface area (Å²) in [6.07, 6.45) is -0.784. The number of unbranched alkanes of at least 4 members (excludes halogenated alkanes) is 1. The minimum Gasteiger partial charge on any atom is -0.352 e. The van der Waals surface area contributed by atoms with Crippen LogP contribution in [-0.4, -0.2) is 24.5 Å². The normalized spacial score (nSPS) is 19.8. The highest BCUT2D eigenvalue weighted by Crippen LogP contribution is 2.44. The van der Waals surface area contributed by atoms with Gasteiger partial charge in [0, 0.05) is 17.3 Å². The first-order chi connectivity index (χ1) is 12.3. The van der Waals surface area contributed by atoms with Gasteiger partial charge in [-0.25, -0.2) is 0 Å². The summed E-state index contributed by atoms with van der Waals surface area (Å²) in [4.78, 5) is 25.6. The smallest absolute Gasteiger partial charge is 0.352 e. The summed E-state index contributed by atoms with van der Waals surface area (Å²) >= 11 is 1.26. The molecule has 4 nitrogen and oxygen atoms in total. The number of halogens is 3. The maximum atomic E-state index is 13.2. The Bertz CT molecular complexity index is 695. The van der Waals surface area contributed by atoms with Crippen LogP contribution in [0.4, 0.5) is 18.2 Å². The number of amides is 2. The molecule has 2 aliphatic rings. The summed E-state index contributed by atoms with van der Waals surface area (Å²) in [5, 5.41) is 5.98. The van der Waals surface area contributed by atoms with E-state index in [-0.39, 0.29) is 36.1 Å². The largest absolute Gasteiger partial charge is 0.392 e. The summed E-state index contributed by atoms with van der Waals surface area (Å²) in [6, 6.07) is 0. The molecule has 1 saturated carbocycles. The number of hydrogen-bond donors (Lipinski definition) is 2. The van der Waals surface area contributed by atoms with Gasteiger partial charge < -0.3 is 10.6 Å². The topological polar surface area (TPSA) is 58.2 Å². The van der Waals surface area contributed by atoms with Crippen molar-refractivity contribution in [3.8, 4) is 0 Å². The third kappa shape index (κ3) is 4.22. The second-order valence-corrected chi connectivity index (χ2v) is 8.17. The number of nitrogens with one attached hydrogen (secondary N) is 2. The van der Waals surface area contributed by atoms with Crippen LogP contribution in [0, 0.1) is 11.8 Å². The second-order valence-electron chi connectivity index (χ2n) is 7.06. The van der Waals surface area contributed by atoms with E-state index in [0.29, 0.717) is 23.5 Å². The van der Waals surface area contributed by atoms with E-state index in [1.54, 1.807) is 0 Å². The molecule has 0 aromatic carbocycles. The van der Waals surface area contributed by atoms with Gasteiger partial charge in [0.15, 0.2) is 0 Å². The molecule has 0 bridgehead atoms. The van der Waals surface area contributed by atoms with Crippen LogP contribution >= 0.6 is 11.3 Å². The Morgan fingerprint density at radius 1 is 1.23 bits per heavy atom. The number of rotatable bonds is 6. The van der Waals surface area contributed by atoms with Crippen molar-refractivity contribution < 1.29 is 22.8 Å². The monoisotopic (exact) mass is 388 g/mol. The first kappa shape index (κ1) is 19.2. The average Bonchev–Trinajstić information content (AvgIpc) is 3.35. The minimum absolute atomic E-state index is 0.0317. The highest BCUT2D eigenvalue weighted by Gasteiger charge is 2.43. The predicted molar refractivity (Wildman–Crippen MR) is 94.5 cm³/mol. The third-order valence-corrected chi connectivity index (χ3v) is 6.16. The van der Waals surface area contributed by atoms with Gasteiger partial charge in [-0.15, -0.1) is 11.3 Å². The molecule has 0 radical (unpaired) electrons. The Labute approximate surface area is 154 Å². The van der Waals surface area contributed by atoms with E-state index in [0.717, 1.165) is 30.6 Å². The first-order valence-corrected chi connectivity index (χ1v) is 9.93. The third-order valence-electron chi connectivity index (χ3n) is 4.95. The number of fused-ring (bicyclic) bond motifs is 1. The van der Waals surface area contributed by atoms with Crippen LogP contribution in [0.5, 0.6) is 0 Å². The van der Waals surface area contributed by atoms with Crippen LogP contribution < -0.4 is 10.6 Å². The Balaban J connectivity index is 1.88. The quantitative estimate of drug-likeness (QED) is 0.714. The van der Waals surface area contributed by atoms with E-state index in [9.17, 15) is 22.8 Å². The highest BCUT2D eigenvalue weighted by molar-refractivity contribution is 7.17. The lowest BCUT2D eigenvalue weighted by molar-refractivity contribution is -0.177. The number of alkyl halides is 3. The Hall–Kier alpha value is -1.57. The van der Waals surface area contributed by atoms with Crippen molar-refractivity contribution in [3.05, 3.63) is 16.0 Å². The Morgan fingerprint density at radius 2 is 1.96 bits per heavy atom. The SMILES string of the molecule is CCCCNC(=O)c1c(NC(=O)C2CC2)sc2c1CC(C(F)(F)F)CC2. The molecule has 1 fully saturated rings. The van der Waals surface area contributed by atoms with Gasteiger partial charge in [0.1, 0.15) is 5.00 Å². The van der Waals surface area contributed by atoms with Gasteiger partial charge >= 0.3 is 6.18 Å². The molecular weight excluding hydrogens is 365 g/mol. The van der Waals surface area contributed by atoms with Gasteiger partial charge in [0.05, 0.1) is 11.5 Å². The maximum Gasteiger partial charge on any atom is 0.392 e. The molecule has 1 heterocycles. The zero-order valence-electron chi connectivity index (χ0n) is 14.7. The summed E-state index contributed by atoms with van der Waals surface area (Å²) in [5.41, 5.74) is 0.702. The molecule has 8 heteroatoms. The first-order valence-electron chi connectivity index (χ1n) is 9.11. The van der Waals surface area contributed by atoms with Crippen molar-refractivity contribution >= 4 is 28.2 Å². The number of anilines is 1. The molecule has 2 amide bonds. The standard InChI is InChI=1S/C18H23F3N2O2S/c1-2-3-8-22-16(25)14-12-9-11(18(19,20)21)6-7-13(12)26-17(14)23-15(24)10-4-5-10/h10-11H,2-9H2,1H3,(H,22,25)(H,23,24). The second kappa shape index (κ2) is 7.58. The number of carbonyl (C=O) groups excluding carboxylic acids is 2. The molecule has 144 valence electrons. The lowest BCUT2D eigenvalue weighted by Crippen LogP contribution is -2.31. The molecule has 0 saturated heterocycles. The molecular formula is C18H23F3N2O2S. The van der Waals surface area contributed by atoms with Crippen molar-refractivity contribution in [3.63, 3.8) is 0 Å². The van der Waals surface area contributed by atoms with Gasteiger partial charge in [0.25, 0.3) is 5.91 Å². The van der Waals surface area contributed by atoms with Gasteiger partial charge in [0.2, 0.25) is 5.91 Å². The summed E-state index contributed by atoms with van der Waals surface area (Å²) in [7, 11) is 0. The van der Waals surface area contributed by atoms with Gasteiger partial charge in [-0.2, -0.15) is 13.2 Å². The zero-order valence-corrected chi connectivity index (χ0v) is 15.5. The maximum absolute atomic E-state index is 13.2. The zero-order chi connectivity index (χ0) is 18.9. The van der Waals surface area contributed by atoms with Crippen LogP contribution in [0.1, 0.15) is 59.8 Å². The van der Waals surface area contributed by atoms with Crippen LogP contribution in [-0.2, 0) is 17.6 Å². The van der Waals surface area contributed by atoms with Gasteiger partial charge in [-0.05, 0) is 44.1 Å². The minimum atomic E-state index is -4.27. The van der Waals surface area contributed by atoms with Crippen LogP contribution in [0.3, 0.4) is 0 Å². The predicted octanol–water partition coefficient (Wildman–Crippen LogP) is 4.29. The molecule has 26 heavy (non-hydrogen) atoms. The van der Waals surface area contributed by atoms with Gasteiger partial charge in [-0.3, -0.25) is 9.59 Å². The molecule has 1 unspecified atom stereocenters. The molecule has 0 aliphatic heterocycles.